The van der Waals surface area contributed by atoms with E-state index in [1.165, 1.54) is 17.8 Å². The number of rotatable bonds is 6. The van der Waals surface area contributed by atoms with Crippen molar-refractivity contribution in [2.24, 2.45) is 0 Å². The zero-order valence-electron chi connectivity index (χ0n) is 16.9. The first kappa shape index (κ1) is 21.7. The average Bonchev–Trinajstić information content (AvgIpc) is 3.31. The van der Waals surface area contributed by atoms with Gasteiger partial charge >= 0.3 is 6.03 Å². The number of halogens is 1. The maximum atomic E-state index is 12.6. The number of aryl methyl sites for hydroxylation is 1. The van der Waals surface area contributed by atoms with Crippen LogP contribution in [0.1, 0.15) is 11.3 Å². The van der Waals surface area contributed by atoms with Crippen molar-refractivity contribution in [1.29, 1.82) is 0 Å². The van der Waals surface area contributed by atoms with Gasteiger partial charge in [0.25, 0.3) is 5.91 Å². The van der Waals surface area contributed by atoms with Gasteiger partial charge in [0, 0.05) is 21.7 Å². The Morgan fingerprint density at radius 2 is 1.81 bits per heavy atom. The van der Waals surface area contributed by atoms with Crippen LogP contribution in [0.3, 0.4) is 0 Å². The quantitative estimate of drug-likeness (QED) is 0.396. The SMILES string of the molecule is Cc1ccc(NC(=O)CN2C(=O)NC(=Cc3ccc(Sc4ccc(Cl)cc4)o3)C2=O)cc1. The van der Waals surface area contributed by atoms with Crippen LogP contribution >= 0.6 is 23.4 Å². The molecule has 0 bridgehead atoms. The van der Waals surface area contributed by atoms with E-state index in [4.69, 9.17) is 16.0 Å². The van der Waals surface area contributed by atoms with Crippen molar-refractivity contribution in [2.75, 3.05) is 11.9 Å². The van der Waals surface area contributed by atoms with Crippen molar-refractivity contribution >= 4 is 53.0 Å². The number of imide groups is 1. The highest BCUT2D eigenvalue weighted by atomic mass is 35.5. The van der Waals surface area contributed by atoms with E-state index in [1.54, 1.807) is 36.4 Å². The van der Waals surface area contributed by atoms with Crippen molar-refractivity contribution in [3.63, 3.8) is 0 Å². The van der Waals surface area contributed by atoms with Crippen LogP contribution < -0.4 is 10.6 Å². The van der Waals surface area contributed by atoms with E-state index in [2.05, 4.69) is 10.6 Å². The second-order valence-corrected chi connectivity index (χ2v) is 8.52. The van der Waals surface area contributed by atoms with Gasteiger partial charge in [0.15, 0.2) is 5.09 Å². The molecule has 2 N–H and O–H groups in total. The van der Waals surface area contributed by atoms with Gasteiger partial charge in [0.05, 0.1) is 0 Å². The molecule has 3 aromatic rings. The first-order chi connectivity index (χ1) is 15.4. The van der Waals surface area contributed by atoms with Crippen LogP contribution in [-0.2, 0) is 9.59 Å². The van der Waals surface area contributed by atoms with E-state index in [9.17, 15) is 14.4 Å². The smallest absolute Gasteiger partial charge is 0.329 e. The fraction of sp³-hybridized carbons (Fsp3) is 0.0870. The van der Waals surface area contributed by atoms with E-state index < -0.39 is 24.4 Å². The summed E-state index contributed by atoms with van der Waals surface area (Å²) in [7, 11) is 0. The molecule has 4 amide bonds. The minimum atomic E-state index is -0.664. The van der Waals surface area contributed by atoms with Crippen LogP contribution in [0, 0.1) is 6.92 Å². The largest absolute Gasteiger partial charge is 0.450 e. The number of anilines is 1. The summed E-state index contributed by atoms with van der Waals surface area (Å²) in [4.78, 5) is 38.9. The number of hydrogen-bond donors (Lipinski definition) is 2. The van der Waals surface area contributed by atoms with Crippen molar-refractivity contribution in [3.8, 4) is 0 Å². The summed E-state index contributed by atoms with van der Waals surface area (Å²) in [5.41, 5.74) is 1.68. The zero-order valence-corrected chi connectivity index (χ0v) is 18.5. The summed E-state index contributed by atoms with van der Waals surface area (Å²) < 4.78 is 5.72. The lowest BCUT2D eigenvalue weighted by molar-refractivity contribution is -0.127. The van der Waals surface area contributed by atoms with Gasteiger partial charge < -0.3 is 15.1 Å². The molecule has 1 aliphatic rings. The van der Waals surface area contributed by atoms with Gasteiger partial charge in [-0.15, -0.1) is 0 Å². The highest BCUT2D eigenvalue weighted by Gasteiger charge is 2.35. The lowest BCUT2D eigenvalue weighted by atomic mass is 10.2. The molecule has 0 atom stereocenters. The Morgan fingerprint density at radius 1 is 1.09 bits per heavy atom. The van der Waals surface area contributed by atoms with Crippen molar-refractivity contribution < 1.29 is 18.8 Å². The molecule has 2 aromatic carbocycles. The van der Waals surface area contributed by atoms with Gasteiger partial charge in [-0.1, -0.05) is 41.1 Å². The third-order valence-electron chi connectivity index (χ3n) is 4.52. The summed E-state index contributed by atoms with van der Waals surface area (Å²) >= 11 is 7.29. The lowest BCUT2D eigenvalue weighted by Crippen LogP contribution is -2.38. The third-order valence-corrected chi connectivity index (χ3v) is 5.70. The minimum absolute atomic E-state index is 0.0375. The van der Waals surface area contributed by atoms with Gasteiger partial charge in [0.2, 0.25) is 5.91 Å². The van der Waals surface area contributed by atoms with Gasteiger partial charge in [0.1, 0.15) is 18.0 Å². The first-order valence-corrected chi connectivity index (χ1v) is 10.8. The van der Waals surface area contributed by atoms with Crippen molar-refractivity contribution in [2.45, 2.75) is 16.9 Å². The number of hydrogen-bond acceptors (Lipinski definition) is 5. The first-order valence-electron chi connectivity index (χ1n) is 9.62. The molecule has 0 spiro atoms. The Hall–Kier alpha value is -3.49. The fourth-order valence-corrected chi connectivity index (χ4v) is 3.83. The summed E-state index contributed by atoms with van der Waals surface area (Å²) in [6.45, 7) is 1.54. The second-order valence-electron chi connectivity index (χ2n) is 7.01. The highest BCUT2D eigenvalue weighted by Crippen LogP contribution is 2.30. The highest BCUT2D eigenvalue weighted by molar-refractivity contribution is 7.99. The Labute approximate surface area is 193 Å². The number of benzene rings is 2. The van der Waals surface area contributed by atoms with Gasteiger partial charge in [-0.3, -0.25) is 9.59 Å². The predicted octanol–water partition coefficient (Wildman–Crippen LogP) is 4.92. The van der Waals surface area contributed by atoms with E-state index in [0.29, 0.717) is 21.6 Å². The molecule has 0 aliphatic carbocycles. The van der Waals surface area contributed by atoms with Gasteiger partial charge in [-0.2, -0.15) is 0 Å². The Kier molecular flexibility index (Phi) is 6.34. The molecule has 1 aromatic heterocycles. The van der Waals surface area contributed by atoms with E-state index in [1.807, 2.05) is 31.2 Å². The number of amides is 4. The maximum Gasteiger partial charge on any atom is 0.329 e. The number of nitrogens with zero attached hydrogens (tertiary/aromatic N) is 1. The normalized spacial score (nSPS) is 14.7. The number of urea groups is 1. The Bertz CT molecular complexity index is 1200. The Balaban J connectivity index is 1.39. The van der Waals surface area contributed by atoms with Crippen LogP contribution in [0.2, 0.25) is 5.02 Å². The fourth-order valence-electron chi connectivity index (χ4n) is 2.92. The van der Waals surface area contributed by atoms with Crippen LogP contribution in [0.5, 0.6) is 0 Å². The lowest BCUT2D eigenvalue weighted by Gasteiger charge is -2.12. The van der Waals surface area contributed by atoms with Gasteiger partial charge in [-0.05, 0) is 55.5 Å². The third kappa shape index (κ3) is 5.22. The summed E-state index contributed by atoms with van der Waals surface area (Å²) in [5, 5.41) is 6.41. The van der Waals surface area contributed by atoms with E-state index >= 15 is 0 Å². The minimum Gasteiger partial charge on any atom is -0.450 e. The molecular weight excluding hydrogens is 450 g/mol. The van der Waals surface area contributed by atoms with E-state index in [-0.39, 0.29) is 5.70 Å². The molecule has 0 saturated carbocycles. The summed E-state index contributed by atoms with van der Waals surface area (Å²) in [6, 6.07) is 17.3. The Morgan fingerprint density at radius 3 is 2.53 bits per heavy atom. The molecule has 0 unspecified atom stereocenters. The van der Waals surface area contributed by atoms with E-state index in [0.717, 1.165) is 15.4 Å². The summed E-state index contributed by atoms with van der Waals surface area (Å²) in [6.07, 6.45) is 1.43. The molecule has 32 heavy (non-hydrogen) atoms. The van der Waals surface area contributed by atoms with Crippen LogP contribution in [0.4, 0.5) is 10.5 Å². The molecular formula is C23H18ClN3O4S. The number of carbonyl (C=O) groups excluding carboxylic acids is 3. The standard InChI is InChI=1S/C23H18ClN3O4S/c1-14-2-6-16(7-3-14)25-20(28)13-27-22(29)19(26-23(27)30)12-17-8-11-21(31-17)32-18-9-4-15(24)5-10-18/h2-12H,13H2,1H3,(H,25,28)(H,26,30). The number of carbonyl (C=O) groups is 3. The molecule has 1 fully saturated rings. The number of nitrogens with one attached hydrogen (secondary N) is 2. The van der Waals surface area contributed by atoms with Crippen LogP contribution in [-0.4, -0.2) is 29.3 Å². The second kappa shape index (κ2) is 9.33. The van der Waals surface area contributed by atoms with Crippen molar-refractivity contribution in [3.05, 3.63) is 82.7 Å². The van der Waals surface area contributed by atoms with Crippen molar-refractivity contribution in [1.82, 2.24) is 10.2 Å². The zero-order chi connectivity index (χ0) is 22.7. The monoisotopic (exact) mass is 467 g/mol. The molecule has 2 heterocycles. The predicted molar refractivity (Wildman–Crippen MR) is 122 cm³/mol. The molecule has 162 valence electrons. The van der Waals surface area contributed by atoms with Crippen LogP contribution in [0.25, 0.3) is 6.08 Å². The average molecular weight is 468 g/mol. The molecule has 1 saturated heterocycles. The van der Waals surface area contributed by atoms with Gasteiger partial charge in [-0.25, -0.2) is 9.69 Å². The number of furan rings is 1. The molecule has 9 heteroatoms. The maximum absolute atomic E-state index is 12.6. The molecule has 1 aliphatic heterocycles. The molecule has 0 radical (unpaired) electrons. The summed E-state index contributed by atoms with van der Waals surface area (Å²) in [5.74, 6) is -0.674. The molecule has 7 nitrogen and oxygen atoms in total. The van der Waals surface area contributed by atoms with Crippen LogP contribution in [0.15, 0.2) is 80.8 Å². The molecule has 4 rings (SSSR count). The topological polar surface area (TPSA) is 91.7 Å².